The third kappa shape index (κ3) is 3.08. The molecule has 1 aliphatic heterocycles. The Morgan fingerprint density at radius 3 is 2.73 bits per heavy atom. The van der Waals surface area contributed by atoms with Crippen LogP contribution in [0.25, 0.3) is 5.69 Å². The van der Waals surface area contributed by atoms with Gasteiger partial charge in [0.25, 0.3) is 0 Å². The van der Waals surface area contributed by atoms with Crippen molar-refractivity contribution >= 4 is 11.6 Å². The Labute approximate surface area is 181 Å². The van der Waals surface area contributed by atoms with Gasteiger partial charge < -0.3 is 9.84 Å². The fraction of sp³-hybridized carbons (Fsp3) is 0.522. The molecule has 0 radical (unpaired) electrons. The molecule has 2 aromatic heterocycles. The third-order valence-electron chi connectivity index (χ3n) is 7.10. The summed E-state index contributed by atoms with van der Waals surface area (Å²) in [7, 11) is 0. The summed E-state index contributed by atoms with van der Waals surface area (Å²) in [6.45, 7) is 1.52. The second-order valence-corrected chi connectivity index (χ2v) is 9.35. The normalized spacial score (nSPS) is 23.4. The van der Waals surface area contributed by atoms with Crippen LogP contribution in [0.1, 0.15) is 84.6 Å². The second kappa shape index (κ2) is 7.50. The molecule has 30 heavy (non-hydrogen) atoms. The molecule has 0 saturated heterocycles. The van der Waals surface area contributed by atoms with Crippen LogP contribution in [-0.4, -0.2) is 19.9 Å². The van der Waals surface area contributed by atoms with E-state index in [-0.39, 0.29) is 0 Å². The zero-order chi connectivity index (χ0) is 20.1. The van der Waals surface area contributed by atoms with Crippen molar-refractivity contribution in [3.05, 3.63) is 57.5 Å². The Morgan fingerprint density at radius 2 is 1.83 bits per heavy atom. The van der Waals surface area contributed by atoms with Gasteiger partial charge in [-0.05, 0) is 68.7 Å². The van der Waals surface area contributed by atoms with Crippen LogP contribution in [0.4, 0.5) is 0 Å². The summed E-state index contributed by atoms with van der Waals surface area (Å²) in [6.07, 6.45) is 9.18. The second-order valence-electron chi connectivity index (χ2n) is 8.91. The molecule has 0 atom stereocenters. The molecule has 1 fully saturated rings. The summed E-state index contributed by atoms with van der Waals surface area (Å²) in [4.78, 5) is 0. The summed E-state index contributed by atoms with van der Waals surface area (Å²) in [5.74, 6) is 4.17. The highest BCUT2D eigenvalue weighted by Crippen LogP contribution is 2.43. The van der Waals surface area contributed by atoms with Crippen LogP contribution in [-0.2, 0) is 25.9 Å². The number of hydrogen-bond donors (Lipinski definition) is 1. The third-order valence-corrected chi connectivity index (χ3v) is 7.33. The van der Waals surface area contributed by atoms with Gasteiger partial charge in [-0.3, -0.25) is 4.57 Å². The number of rotatable bonds is 2. The van der Waals surface area contributed by atoms with Crippen LogP contribution < -0.4 is 5.32 Å². The highest BCUT2D eigenvalue weighted by molar-refractivity contribution is 6.30. The first-order valence-corrected chi connectivity index (χ1v) is 11.6. The summed E-state index contributed by atoms with van der Waals surface area (Å²) in [6, 6.07) is 6.12. The molecule has 7 heteroatoms. The molecule has 1 N–H and O–H groups in total. The lowest BCUT2D eigenvalue weighted by molar-refractivity contribution is 0.341. The standard InChI is InChI=1S/C23H26ClN5O/c24-17-9-10-19-16(11-17)12-25-13-21-26-27-23(29(19)21)15-7-5-14(6-8-15)22-18-3-1-2-4-20(18)30-28-22/h9-11,14-15,25H,1-8,12-13H2/t14-,15-. The van der Waals surface area contributed by atoms with Gasteiger partial charge in [0.2, 0.25) is 0 Å². The highest BCUT2D eigenvalue weighted by atomic mass is 35.5. The molecule has 0 spiro atoms. The molecule has 1 saturated carbocycles. The van der Waals surface area contributed by atoms with Crippen molar-refractivity contribution in [2.24, 2.45) is 0 Å². The van der Waals surface area contributed by atoms with E-state index in [1.165, 1.54) is 29.7 Å². The molecular formula is C23H26ClN5O. The number of nitrogens with one attached hydrogen (secondary N) is 1. The molecule has 6 nitrogen and oxygen atoms in total. The Hall–Kier alpha value is -2.18. The van der Waals surface area contributed by atoms with Crippen LogP contribution in [0.2, 0.25) is 5.02 Å². The molecule has 156 valence electrons. The van der Waals surface area contributed by atoms with E-state index in [0.29, 0.717) is 11.8 Å². The van der Waals surface area contributed by atoms with Crippen LogP contribution in [0.3, 0.4) is 0 Å². The molecule has 2 aliphatic carbocycles. The maximum atomic E-state index is 6.25. The van der Waals surface area contributed by atoms with E-state index in [2.05, 4.69) is 31.3 Å². The number of benzene rings is 1. The predicted molar refractivity (Wildman–Crippen MR) is 114 cm³/mol. The van der Waals surface area contributed by atoms with Crippen LogP contribution in [0.15, 0.2) is 22.7 Å². The number of fused-ring (bicyclic) bond motifs is 4. The Morgan fingerprint density at radius 1 is 1.00 bits per heavy atom. The van der Waals surface area contributed by atoms with Crippen LogP contribution >= 0.6 is 11.6 Å². The first-order chi connectivity index (χ1) is 14.8. The van der Waals surface area contributed by atoms with Gasteiger partial charge >= 0.3 is 0 Å². The number of aryl methyl sites for hydroxylation is 1. The quantitative estimate of drug-likeness (QED) is 0.639. The number of nitrogens with zero attached hydrogens (tertiary/aromatic N) is 4. The number of aromatic nitrogens is 4. The average molecular weight is 424 g/mol. The van der Waals surface area contributed by atoms with E-state index in [1.807, 2.05) is 12.1 Å². The lowest BCUT2D eigenvalue weighted by Crippen LogP contribution is -2.18. The zero-order valence-electron chi connectivity index (χ0n) is 17.0. The van der Waals surface area contributed by atoms with E-state index >= 15 is 0 Å². The maximum absolute atomic E-state index is 6.25. The van der Waals surface area contributed by atoms with Crippen molar-refractivity contribution in [3.8, 4) is 5.69 Å². The topological polar surface area (TPSA) is 68.8 Å². The van der Waals surface area contributed by atoms with Gasteiger partial charge in [-0.1, -0.05) is 16.8 Å². The lowest BCUT2D eigenvalue weighted by Gasteiger charge is -2.28. The van der Waals surface area contributed by atoms with E-state index in [4.69, 9.17) is 16.1 Å². The van der Waals surface area contributed by atoms with Gasteiger partial charge in [0.05, 0.1) is 17.9 Å². The molecule has 3 aliphatic rings. The predicted octanol–water partition coefficient (Wildman–Crippen LogP) is 4.83. The molecule has 3 heterocycles. The SMILES string of the molecule is Clc1ccc2c(c1)CNCc1nnc([C@H]3CC[C@H](c4noc5c4CCCC5)CC3)n1-2. The Balaban J connectivity index is 1.27. The first kappa shape index (κ1) is 18.6. The average Bonchev–Trinajstić information content (AvgIpc) is 3.34. The molecular weight excluding hydrogens is 398 g/mol. The van der Waals surface area contributed by atoms with E-state index in [1.54, 1.807) is 0 Å². The summed E-state index contributed by atoms with van der Waals surface area (Å²) in [5, 5.41) is 17.9. The van der Waals surface area contributed by atoms with Gasteiger partial charge in [0, 0.05) is 35.4 Å². The van der Waals surface area contributed by atoms with Crippen molar-refractivity contribution < 1.29 is 4.52 Å². The summed E-state index contributed by atoms with van der Waals surface area (Å²) >= 11 is 6.25. The monoisotopic (exact) mass is 423 g/mol. The summed E-state index contributed by atoms with van der Waals surface area (Å²) < 4.78 is 7.95. The van der Waals surface area contributed by atoms with E-state index < -0.39 is 0 Å². The molecule has 3 aromatic rings. The van der Waals surface area contributed by atoms with Gasteiger partial charge in [0.15, 0.2) is 5.82 Å². The molecule has 0 bridgehead atoms. The fourth-order valence-corrected chi connectivity index (χ4v) is 5.74. The highest BCUT2D eigenvalue weighted by Gasteiger charge is 2.33. The fourth-order valence-electron chi connectivity index (χ4n) is 5.55. The van der Waals surface area contributed by atoms with Crippen LogP contribution in [0, 0.1) is 0 Å². The molecule has 1 aromatic carbocycles. The van der Waals surface area contributed by atoms with Crippen molar-refractivity contribution in [1.29, 1.82) is 0 Å². The van der Waals surface area contributed by atoms with Crippen molar-refractivity contribution in [2.75, 3.05) is 0 Å². The van der Waals surface area contributed by atoms with Gasteiger partial charge in [-0.25, -0.2) is 0 Å². The van der Waals surface area contributed by atoms with Crippen molar-refractivity contribution in [2.45, 2.75) is 76.3 Å². The van der Waals surface area contributed by atoms with Gasteiger partial charge in [-0.15, -0.1) is 10.2 Å². The lowest BCUT2D eigenvalue weighted by atomic mass is 9.78. The minimum absolute atomic E-state index is 0.423. The first-order valence-electron chi connectivity index (χ1n) is 11.2. The van der Waals surface area contributed by atoms with Crippen molar-refractivity contribution in [3.63, 3.8) is 0 Å². The van der Waals surface area contributed by atoms with Gasteiger partial charge in [-0.2, -0.15) is 0 Å². The zero-order valence-corrected chi connectivity index (χ0v) is 17.8. The Kier molecular flexibility index (Phi) is 4.65. The minimum Gasteiger partial charge on any atom is -0.361 e. The molecule has 0 amide bonds. The number of halogens is 1. The van der Waals surface area contributed by atoms with E-state index in [0.717, 1.165) is 79.7 Å². The van der Waals surface area contributed by atoms with Crippen LogP contribution in [0.5, 0.6) is 0 Å². The minimum atomic E-state index is 0.423. The largest absolute Gasteiger partial charge is 0.361 e. The number of hydrogen-bond acceptors (Lipinski definition) is 5. The smallest absolute Gasteiger partial charge is 0.151 e. The van der Waals surface area contributed by atoms with Gasteiger partial charge in [0.1, 0.15) is 11.6 Å². The van der Waals surface area contributed by atoms with E-state index in [9.17, 15) is 0 Å². The van der Waals surface area contributed by atoms with Crippen molar-refractivity contribution in [1.82, 2.24) is 25.2 Å². The molecule has 6 rings (SSSR count). The maximum Gasteiger partial charge on any atom is 0.151 e. The summed E-state index contributed by atoms with van der Waals surface area (Å²) in [5.41, 5.74) is 5.02. The molecule has 0 unspecified atom stereocenters. The Bertz CT molecular complexity index is 1080.